The Balaban J connectivity index is 1.38. The minimum absolute atomic E-state index is 0.323. The first-order valence-electron chi connectivity index (χ1n) is 11.7. The van der Waals surface area contributed by atoms with E-state index in [1.54, 1.807) is 31.2 Å². The molecule has 0 bridgehead atoms. The molecular formula is C26H27N5O4S2. The van der Waals surface area contributed by atoms with E-state index >= 15 is 0 Å². The summed E-state index contributed by atoms with van der Waals surface area (Å²) in [6.07, 6.45) is 1.30. The van der Waals surface area contributed by atoms with Crippen LogP contribution in [0.4, 0.5) is 5.13 Å². The summed E-state index contributed by atoms with van der Waals surface area (Å²) in [6, 6.07) is 14.5. The number of carbonyl (C=O) groups excluding carboxylic acids is 2. The summed E-state index contributed by atoms with van der Waals surface area (Å²) in [5.74, 6) is 0.532. The molecule has 0 aliphatic heterocycles. The number of benzene rings is 2. The molecule has 11 heteroatoms. The van der Waals surface area contributed by atoms with Crippen LogP contribution >= 0.6 is 23.1 Å². The van der Waals surface area contributed by atoms with E-state index in [2.05, 4.69) is 20.5 Å². The van der Waals surface area contributed by atoms with Crippen LogP contribution in [-0.2, 0) is 9.53 Å². The van der Waals surface area contributed by atoms with Crippen molar-refractivity contribution < 1.29 is 19.1 Å². The van der Waals surface area contributed by atoms with E-state index in [1.165, 1.54) is 23.1 Å². The number of aryl methyl sites for hydroxylation is 1. The van der Waals surface area contributed by atoms with Gasteiger partial charge in [-0.05, 0) is 75.1 Å². The highest BCUT2D eigenvalue weighted by molar-refractivity contribution is 7.98. The van der Waals surface area contributed by atoms with Gasteiger partial charge in [0, 0.05) is 16.6 Å². The fourth-order valence-corrected chi connectivity index (χ4v) is 4.84. The third-order valence-electron chi connectivity index (χ3n) is 5.45. The van der Waals surface area contributed by atoms with Crippen molar-refractivity contribution in [2.75, 3.05) is 18.2 Å². The summed E-state index contributed by atoms with van der Waals surface area (Å²) in [7, 11) is 0. The Labute approximate surface area is 223 Å². The van der Waals surface area contributed by atoms with Crippen molar-refractivity contribution in [3.05, 3.63) is 65.3 Å². The van der Waals surface area contributed by atoms with Crippen molar-refractivity contribution in [3.63, 3.8) is 0 Å². The molecule has 1 atom stereocenters. The van der Waals surface area contributed by atoms with Gasteiger partial charge in [0.1, 0.15) is 11.6 Å². The lowest BCUT2D eigenvalue weighted by Crippen LogP contribution is -2.32. The molecule has 0 aliphatic rings. The summed E-state index contributed by atoms with van der Waals surface area (Å²) in [6.45, 7) is 6.18. The smallest absolute Gasteiger partial charge is 0.338 e. The first-order chi connectivity index (χ1) is 17.9. The van der Waals surface area contributed by atoms with Gasteiger partial charge in [-0.15, -0.1) is 21.5 Å². The Morgan fingerprint density at radius 2 is 1.81 bits per heavy atom. The van der Waals surface area contributed by atoms with Crippen molar-refractivity contribution in [2.45, 2.75) is 38.5 Å². The summed E-state index contributed by atoms with van der Waals surface area (Å²) >= 11 is 2.79. The van der Waals surface area contributed by atoms with Gasteiger partial charge in [-0.3, -0.25) is 14.7 Å². The van der Waals surface area contributed by atoms with Crippen LogP contribution in [0.25, 0.3) is 16.9 Å². The molecule has 0 saturated heterocycles. The number of nitrogens with one attached hydrogen (secondary N) is 1. The molecule has 2 heterocycles. The predicted octanol–water partition coefficient (Wildman–Crippen LogP) is 5.39. The second-order valence-corrected chi connectivity index (χ2v) is 9.53. The second kappa shape index (κ2) is 12.0. The number of hydrogen-bond acceptors (Lipinski definition) is 9. The summed E-state index contributed by atoms with van der Waals surface area (Å²) in [5, 5.41) is 14.0. The molecule has 4 rings (SSSR count). The summed E-state index contributed by atoms with van der Waals surface area (Å²) in [4.78, 5) is 30.1. The molecule has 0 spiro atoms. The number of rotatable bonds is 10. The quantitative estimate of drug-likeness (QED) is 0.212. The van der Waals surface area contributed by atoms with E-state index in [0.29, 0.717) is 23.7 Å². The average Bonchev–Trinajstić information content (AvgIpc) is 3.54. The summed E-state index contributed by atoms with van der Waals surface area (Å²) < 4.78 is 12.9. The molecular weight excluding hydrogens is 510 g/mol. The lowest BCUT2D eigenvalue weighted by molar-refractivity contribution is -0.124. The zero-order valence-corrected chi connectivity index (χ0v) is 22.6. The van der Waals surface area contributed by atoms with Crippen LogP contribution in [-0.4, -0.2) is 50.6 Å². The van der Waals surface area contributed by atoms with Crippen LogP contribution < -0.4 is 10.1 Å². The molecule has 9 nitrogen and oxygen atoms in total. The number of esters is 1. The zero-order valence-electron chi connectivity index (χ0n) is 20.9. The van der Waals surface area contributed by atoms with Crippen LogP contribution in [0, 0.1) is 6.92 Å². The van der Waals surface area contributed by atoms with Crippen LogP contribution in [0.2, 0.25) is 0 Å². The lowest BCUT2D eigenvalue weighted by Gasteiger charge is -2.15. The van der Waals surface area contributed by atoms with Gasteiger partial charge in [0.15, 0.2) is 16.4 Å². The number of ether oxygens (including phenoxy) is 2. The van der Waals surface area contributed by atoms with E-state index in [4.69, 9.17) is 9.47 Å². The Bertz CT molecular complexity index is 1370. The number of amides is 1. The number of anilines is 1. The topological polar surface area (TPSA) is 108 Å². The molecule has 2 aromatic heterocycles. The Hall–Kier alpha value is -3.70. The summed E-state index contributed by atoms with van der Waals surface area (Å²) in [5.41, 5.74) is 2.83. The van der Waals surface area contributed by atoms with E-state index in [-0.39, 0.29) is 0 Å². The van der Waals surface area contributed by atoms with Crippen LogP contribution in [0.5, 0.6) is 5.75 Å². The highest BCUT2D eigenvalue weighted by Crippen LogP contribution is 2.27. The highest BCUT2D eigenvalue weighted by Gasteiger charge is 2.23. The third-order valence-corrected chi connectivity index (χ3v) is 6.83. The minimum Gasteiger partial charge on any atom is -0.494 e. The van der Waals surface area contributed by atoms with Gasteiger partial charge < -0.3 is 9.47 Å². The first kappa shape index (κ1) is 26.4. The Morgan fingerprint density at radius 3 is 2.46 bits per heavy atom. The number of aromatic nitrogens is 4. The molecule has 2 aromatic carbocycles. The maximum absolute atomic E-state index is 12.8. The van der Waals surface area contributed by atoms with E-state index in [1.807, 2.05) is 54.3 Å². The average molecular weight is 538 g/mol. The predicted molar refractivity (Wildman–Crippen MR) is 145 cm³/mol. The van der Waals surface area contributed by atoms with Gasteiger partial charge in [0.05, 0.1) is 17.9 Å². The molecule has 1 amide bonds. The Kier molecular flexibility index (Phi) is 8.57. The second-order valence-electron chi connectivity index (χ2n) is 7.90. The molecule has 1 unspecified atom stereocenters. The maximum Gasteiger partial charge on any atom is 0.338 e. The van der Waals surface area contributed by atoms with E-state index in [9.17, 15) is 9.59 Å². The van der Waals surface area contributed by atoms with E-state index < -0.39 is 18.0 Å². The van der Waals surface area contributed by atoms with Crippen LogP contribution in [0.3, 0.4) is 0 Å². The van der Waals surface area contributed by atoms with Gasteiger partial charge >= 0.3 is 5.97 Å². The maximum atomic E-state index is 12.8. The molecule has 0 radical (unpaired) electrons. The fraction of sp³-hybridized carbons (Fsp3) is 0.269. The van der Waals surface area contributed by atoms with Crippen molar-refractivity contribution in [1.29, 1.82) is 0 Å². The van der Waals surface area contributed by atoms with Crippen LogP contribution in [0.15, 0.2) is 59.1 Å². The monoisotopic (exact) mass is 537 g/mol. The molecule has 1 N–H and O–H groups in total. The molecule has 37 heavy (non-hydrogen) atoms. The number of thioether (sulfide) groups is 1. The van der Waals surface area contributed by atoms with Crippen molar-refractivity contribution in [2.24, 2.45) is 0 Å². The van der Waals surface area contributed by atoms with Crippen LogP contribution in [0.1, 0.15) is 36.5 Å². The molecule has 192 valence electrons. The number of thiazole rings is 1. The standard InChI is InChI=1S/C26H27N5O4S2/c1-5-22(23(32)28-25-27-21(15-37-25)17-9-13-20(14-10-17)34-6-2)35-24(33)18-7-11-19(12-8-18)31-16(3)29-30-26(31)36-4/h7-15,22H,5-6H2,1-4H3,(H,27,28,32). The fourth-order valence-electron chi connectivity index (χ4n) is 3.58. The largest absolute Gasteiger partial charge is 0.494 e. The van der Waals surface area contributed by atoms with Gasteiger partial charge in [-0.2, -0.15) is 0 Å². The third kappa shape index (κ3) is 6.17. The highest BCUT2D eigenvalue weighted by atomic mass is 32.2. The SMILES string of the molecule is CCOc1ccc(-c2csc(NC(=O)C(CC)OC(=O)c3ccc(-n4c(C)nnc4SC)cc3)n2)cc1. The minimum atomic E-state index is -0.951. The molecule has 0 fully saturated rings. The molecule has 0 aliphatic carbocycles. The van der Waals surface area contributed by atoms with Gasteiger partial charge in [-0.25, -0.2) is 9.78 Å². The van der Waals surface area contributed by atoms with Gasteiger partial charge in [0.25, 0.3) is 5.91 Å². The lowest BCUT2D eigenvalue weighted by atomic mass is 10.2. The molecule has 4 aromatic rings. The van der Waals surface area contributed by atoms with Crippen molar-refractivity contribution >= 4 is 40.1 Å². The van der Waals surface area contributed by atoms with Gasteiger partial charge in [0.2, 0.25) is 0 Å². The van der Waals surface area contributed by atoms with Crippen molar-refractivity contribution in [1.82, 2.24) is 19.7 Å². The van der Waals surface area contributed by atoms with Crippen molar-refractivity contribution in [3.8, 4) is 22.7 Å². The zero-order chi connectivity index (χ0) is 26.4. The number of hydrogen-bond donors (Lipinski definition) is 1. The molecule has 0 saturated carbocycles. The Morgan fingerprint density at radius 1 is 1.08 bits per heavy atom. The van der Waals surface area contributed by atoms with E-state index in [0.717, 1.165) is 33.7 Å². The first-order valence-corrected chi connectivity index (χ1v) is 13.8. The normalized spacial score (nSPS) is 11.7. The number of carbonyl (C=O) groups is 2. The van der Waals surface area contributed by atoms with Gasteiger partial charge in [-0.1, -0.05) is 18.7 Å². The number of nitrogens with zero attached hydrogens (tertiary/aromatic N) is 4.